The van der Waals surface area contributed by atoms with Crippen LogP contribution in [-0.4, -0.2) is 65.7 Å². The first-order chi connectivity index (χ1) is 12.1. The lowest BCUT2D eigenvalue weighted by molar-refractivity contribution is -0.148. The molecule has 2 aliphatic rings. The fraction of sp³-hybridized carbons (Fsp3) is 0.579. The summed E-state index contributed by atoms with van der Waals surface area (Å²) in [5.74, 6) is -0.178. The number of carbonyl (C=O) groups is 2. The van der Waals surface area contributed by atoms with Crippen molar-refractivity contribution in [1.29, 1.82) is 0 Å². The van der Waals surface area contributed by atoms with E-state index in [1.807, 2.05) is 17.0 Å². The Labute approximate surface area is 148 Å². The Kier molecular flexibility index (Phi) is 5.39. The van der Waals surface area contributed by atoms with Crippen molar-refractivity contribution in [2.75, 3.05) is 33.4 Å². The van der Waals surface area contributed by atoms with Crippen LogP contribution in [0.4, 0.5) is 0 Å². The number of aliphatic hydroxyl groups is 1. The Bertz CT molecular complexity index is 629. The molecular weight excluding hydrogens is 320 g/mol. The Morgan fingerprint density at radius 2 is 1.88 bits per heavy atom. The number of methoxy groups -OCH3 is 1. The lowest BCUT2D eigenvalue weighted by Gasteiger charge is -2.44. The molecule has 2 fully saturated rings. The minimum Gasteiger partial charge on any atom is -0.465 e. The van der Waals surface area contributed by atoms with Crippen LogP contribution in [0.3, 0.4) is 0 Å². The SMILES string of the molecule is COC(=O)c1ccc(CN2CCCC23CCCN(CCO)C3=O)cc1. The van der Waals surface area contributed by atoms with E-state index < -0.39 is 5.54 Å². The second-order valence-electron chi connectivity index (χ2n) is 6.86. The molecule has 25 heavy (non-hydrogen) atoms. The molecule has 6 heteroatoms. The highest BCUT2D eigenvalue weighted by Gasteiger charge is 2.50. The third-order valence-corrected chi connectivity index (χ3v) is 5.45. The Balaban J connectivity index is 1.75. The van der Waals surface area contributed by atoms with Crippen LogP contribution < -0.4 is 0 Å². The molecule has 0 aliphatic carbocycles. The van der Waals surface area contributed by atoms with Gasteiger partial charge in [-0.15, -0.1) is 0 Å². The van der Waals surface area contributed by atoms with E-state index in [2.05, 4.69) is 4.90 Å². The summed E-state index contributed by atoms with van der Waals surface area (Å²) in [6, 6.07) is 7.39. The van der Waals surface area contributed by atoms with Gasteiger partial charge in [0.1, 0.15) is 5.54 Å². The van der Waals surface area contributed by atoms with Crippen LogP contribution in [0, 0.1) is 0 Å². The summed E-state index contributed by atoms with van der Waals surface area (Å²) in [6.45, 7) is 2.76. The Morgan fingerprint density at radius 3 is 2.52 bits per heavy atom. The molecule has 136 valence electrons. The first-order valence-electron chi connectivity index (χ1n) is 8.93. The molecule has 2 aliphatic heterocycles. The summed E-state index contributed by atoms with van der Waals surface area (Å²) in [6.07, 6.45) is 3.75. The number of rotatable bonds is 5. The minimum absolute atomic E-state index is 0.0107. The van der Waals surface area contributed by atoms with Crippen molar-refractivity contribution in [3.63, 3.8) is 0 Å². The van der Waals surface area contributed by atoms with Crippen LogP contribution in [0.25, 0.3) is 0 Å². The number of carbonyl (C=O) groups excluding carboxylic acids is 2. The zero-order chi connectivity index (χ0) is 17.9. The largest absolute Gasteiger partial charge is 0.465 e. The van der Waals surface area contributed by atoms with Gasteiger partial charge in [0.2, 0.25) is 5.91 Å². The zero-order valence-electron chi connectivity index (χ0n) is 14.7. The highest BCUT2D eigenvalue weighted by Crippen LogP contribution is 2.39. The molecule has 2 heterocycles. The number of hydrogen-bond acceptors (Lipinski definition) is 5. The van der Waals surface area contributed by atoms with Crippen LogP contribution >= 0.6 is 0 Å². The van der Waals surface area contributed by atoms with Crippen molar-refractivity contribution in [3.8, 4) is 0 Å². The average molecular weight is 346 g/mol. The monoisotopic (exact) mass is 346 g/mol. The number of nitrogens with zero attached hydrogens (tertiary/aromatic N) is 2. The van der Waals surface area contributed by atoms with Crippen LogP contribution in [0.5, 0.6) is 0 Å². The molecule has 1 aromatic rings. The van der Waals surface area contributed by atoms with Crippen molar-refractivity contribution in [1.82, 2.24) is 9.80 Å². The van der Waals surface area contributed by atoms with Gasteiger partial charge < -0.3 is 14.7 Å². The van der Waals surface area contributed by atoms with Crippen LogP contribution in [0.15, 0.2) is 24.3 Å². The molecule has 1 N–H and O–H groups in total. The first kappa shape index (κ1) is 17.9. The van der Waals surface area contributed by atoms with E-state index in [4.69, 9.17) is 4.74 Å². The zero-order valence-corrected chi connectivity index (χ0v) is 14.7. The Morgan fingerprint density at radius 1 is 1.20 bits per heavy atom. The maximum absolute atomic E-state index is 13.0. The number of aliphatic hydroxyl groups excluding tert-OH is 1. The molecule has 1 spiro atoms. The van der Waals surface area contributed by atoms with E-state index in [-0.39, 0.29) is 18.5 Å². The summed E-state index contributed by atoms with van der Waals surface area (Å²) in [4.78, 5) is 28.7. The molecule has 0 radical (unpaired) electrons. The van der Waals surface area contributed by atoms with Gasteiger partial charge in [-0.3, -0.25) is 9.69 Å². The van der Waals surface area contributed by atoms with Crippen molar-refractivity contribution in [3.05, 3.63) is 35.4 Å². The molecule has 0 bridgehead atoms. The third-order valence-electron chi connectivity index (χ3n) is 5.45. The topological polar surface area (TPSA) is 70.1 Å². The summed E-state index contributed by atoms with van der Waals surface area (Å²) in [5, 5.41) is 9.21. The quantitative estimate of drug-likeness (QED) is 0.817. The summed E-state index contributed by atoms with van der Waals surface area (Å²) in [7, 11) is 1.37. The van der Waals surface area contributed by atoms with E-state index >= 15 is 0 Å². The Hall–Kier alpha value is -1.92. The number of piperidine rings is 1. The summed E-state index contributed by atoms with van der Waals surface area (Å²) in [5.41, 5.74) is 1.19. The number of esters is 1. The van der Waals surface area contributed by atoms with Crippen molar-refractivity contribution >= 4 is 11.9 Å². The predicted molar refractivity (Wildman–Crippen MR) is 93.1 cm³/mol. The number of hydrogen-bond donors (Lipinski definition) is 1. The molecule has 1 aromatic carbocycles. The van der Waals surface area contributed by atoms with Gasteiger partial charge in [0, 0.05) is 19.6 Å². The van der Waals surface area contributed by atoms with E-state index in [0.717, 1.165) is 44.3 Å². The third kappa shape index (κ3) is 3.41. The van der Waals surface area contributed by atoms with Gasteiger partial charge in [-0.2, -0.15) is 0 Å². The van der Waals surface area contributed by atoms with Crippen molar-refractivity contribution in [2.24, 2.45) is 0 Å². The molecule has 1 unspecified atom stereocenters. The van der Waals surface area contributed by atoms with Crippen molar-refractivity contribution in [2.45, 2.75) is 37.8 Å². The number of ether oxygens (including phenoxy) is 1. The van der Waals surface area contributed by atoms with E-state index in [9.17, 15) is 14.7 Å². The second-order valence-corrected chi connectivity index (χ2v) is 6.86. The highest BCUT2D eigenvalue weighted by molar-refractivity contribution is 5.89. The second kappa shape index (κ2) is 7.54. The first-order valence-corrected chi connectivity index (χ1v) is 8.93. The molecule has 1 amide bonds. The molecule has 1 atom stereocenters. The van der Waals surface area contributed by atoms with Gasteiger partial charge in [-0.25, -0.2) is 4.79 Å². The normalized spacial score (nSPS) is 24.1. The summed E-state index contributed by atoms with van der Waals surface area (Å²) >= 11 is 0. The fourth-order valence-electron chi connectivity index (χ4n) is 4.17. The average Bonchev–Trinajstić information content (AvgIpc) is 3.02. The molecule has 3 rings (SSSR count). The number of β-amino-alcohol motifs (C(OH)–C–C–N with tert-alkyl or cyclic N) is 1. The van der Waals surface area contributed by atoms with Crippen molar-refractivity contribution < 1.29 is 19.4 Å². The van der Waals surface area contributed by atoms with Gasteiger partial charge >= 0.3 is 5.97 Å². The maximum Gasteiger partial charge on any atom is 0.337 e. The predicted octanol–water partition coefficient (Wildman–Crippen LogP) is 1.42. The standard InChI is InChI=1S/C19H26N2O4/c1-25-17(23)16-6-4-15(5-7-16)14-21-11-3-9-19(21)8-2-10-20(12-13-22)18(19)24/h4-7,22H,2-3,8-14H2,1H3. The van der Waals surface area contributed by atoms with Gasteiger partial charge in [0.05, 0.1) is 19.3 Å². The minimum atomic E-state index is -0.422. The van der Waals surface area contributed by atoms with Gasteiger partial charge in [0.25, 0.3) is 0 Å². The lowest BCUT2D eigenvalue weighted by Crippen LogP contribution is -2.60. The summed E-state index contributed by atoms with van der Waals surface area (Å²) < 4.78 is 4.73. The van der Waals surface area contributed by atoms with Gasteiger partial charge in [-0.1, -0.05) is 12.1 Å². The fourth-order valence-corrected chi connectivity index (χ4v) is 4.17. The molecule has 2 saturated heterocycles. The van der Waals surface area contributed by atoms with E-state index in [1.54, 1.807) is 12.1 Å². The van der Waals surface area contributed by atoms with Crippen LogP contribution in [0.1, 0.15) is 41.6 Å². The molecular formula is C19H26N2O4. The number of likely N-dealkylation sites (tertiary alicyclic amines) is 2. The van der Waals surface area contributed by atoms with Crippen LogP contribution in [-0.2, 0) is 16.1 Å². The van der Waals surface area contributed by atoms with Gasteiger partial charge in [0.15, 0.2) is 0 Å². The van der Waals surface area contributed by atoms with E-state index in [1.165, 1.54) is 7.11 Å². The van der Waals surface area contributed by atoms with Crippen LogP contribution in [0.2, 0.25) is 0 Å². The molecule has 0 aromatic heterocycles. The molecule has 6 nitrogen and oxygen atoms in total. The highest BCUT2D eigenvalue weighted by atomic mass is 16.5. The number of benzene rings is 1. The molecule has 0 saturated carbocycles. The number of amides is 1. The van der Waals surface area contributed by atoms with E-state index in [0.29, 0.717) is 18.7 Å². The van der Waals surface area contributed by atoms with Gasteiger partial charge in [-0.05, 0) is 49.9 Å². The lowest BCUT2D eigenvalue weighted by atomic mass is 9.85. The smallest absolute Gasteiger partial charge is 0.337 e. The maximum atomic E-state index is 13.0.